The summed E-state index contributed by atoms with van der Waals surface area (Å²) in [5, 5.41) is 0. The average molecular weight is 305 g/mol. The van der Waals surface area contributed by atoms with Crippen LogP contribution in [-0.4, -0.2) is 37.6 Å². The highest BCUT2D eigenvalue weighted by atomic mass is 19.1. The lowest BCUT2D eigenvalue weighted by molar-refractivity contribution is 0.00578. The molecule has 2 unspecified atom stereocenters. The Bertz CT molecular complexity index is 507. The van der Waals surface area contributed by atoms with Crippen molar-refractivity contribution in [3.63, 3.8) is 0 Å². The van der Waals surface area contributed by atoms with E-state index >= 15 is 0 Å². The van der Waals surface area contributed by atoms with Crippen molar-refractivity contribution < 1.29 is 13.7 Å². The summed E-state index contributed by atoms with van der Waals surface area (Å²) in [6.45, 7) is 9.29. The zero-order valence-electron chi connectivity index (χ0n) is 13.9. The molecule has 0 N–H and O–H groups in total. The third-order valence-corrected chi connectivity index (χ3v) is 5.33. The van der Waals surface area contributed by atoms with Gasteiger partial charge in [-0.3, -0.25) is 0 Å². The molecule has 2 heterocycles. The molecule has 0 aliphatic carbocycles. The van der Waals surface area contributed by atoms with E-state index in [-0.39, 0.29) is 5.82 Å². The first-order valence-electron chi connectivity index (χ1n) is 8.10. The zero-order chi connectivity index (χ0) is 16.0. The Morgan fingerprint density at radius 2 is 1.68 bits per heavy atom. The normalized spacial score (nSPS) is 30.6. The van der Waals surface area contributed by atoms with Crippen molar-refractivity contribution >= 4 is 12.8 Å². The second-order valence-electron chi connectivity index (χ2n) is 7.37. The van der Waals surface area contributed by atoms with E-state index in [1.165, 1.54) is 0 Å². The Morgan fingerprint density at radius 3 is 2.23 bits per heavy atom. The molecule has 0 spiro atoms. The molecule has 3 rings (SSSR count). The molecule has 22 heavy (non-hydrogen) atoms. The monoisotopic (exact) mass is 305 g/mol. The minimum absolute atomic E-state index is 0.194. The van der Waals surface area contributed by atoms with Gasteiger partial charge in [-0.2, -0.15) is 0 Å². The van der Waals surface area contributed by atoms with Crippen LogP contribution in [0.3, 0.4) is 0 Å². The highest BCUT2D eigenvalue weighted by molar-refractivity contribution is 6.47. The Balaban J connectivity index is 1.67. The molecule has 120 valence electrons. The van der Waals surface area contributed by atoms with Crippen molar-refractivity contribution in [1.29, 1.82) is 0 Å². The molecule has 2 fully saturated rings. The van der Waals surface area contributed by atoms with Crippen molar-refractivity contribution in [3.8, 4) is 0 Å². The lowest BCUT2D eigenvalue weighted by Gasteiger charge is -2.36. The van der Waals surface area contributed by atoms with E-state index in [0.717, 1.165) is 18.7 Å². The first kappa shape index (κ1) is 15.8. The van der Waals surface area contributed by atoms with Crippen molar-refractivity contribution in [1.82, 2.24) is 0 Å². The number of anilines is 1. The van der Waals surface area contributed by atoms with E-state index in [9.17, 15) is 4.39 Å². The number of halogens is 1. The number of para-hydroxylation sites is 1. The van der Waals surface area contributed by atoms with E-state index in [2.05, 4.69) is 4.90 Å². The molecule has 0 saturated carbocycles. The molecule has 0 radical (unpaired) electrons. The van der Waals surface area contributed by atoms with Crippen LogP contribution in [0.4, 0.5) is 10.1 Å². The predicted molar refractivity (Wildman–Crippen MR) is 88.0 cm³/mol. The minimum atomic E-state index is -0.941. The molecular formula is C17H25BFNO2. The largest absolute Gasteiger partial charge is 0.464 e. The predicted octanol–water partition coefficient (Wildman–Crippen LogP) is 3.70. The number of nitrogens with zero attached hydrogens (tertiary/aromatic N) is 1. The highest BCUT2D eigenvalue weighted by Gasteiger charge is 2.55. The SMILES string of the molecule is CC1(C)OB(C2CCN(c3ccccc3)CC2F)OC1(C)C. The third kappa shape index (κ3) is 2.76. The number of hydrogen-bond acceptors (Lipinski definition) is 3. The van der Waals surface area contributed by atoms with Crippen LogP contribution in [0.25, 0.3) is 0 Å². The Kier molecular flexibility index (Phi) is 3.98. The summed E-state index contributed by atoms with van der Waals surface area (Å²) in [5.41, 5.74) is 0.291. The van der Waals surface area contributed by atoms with Crippen molar-refractivity contribution in [3.05, 3.63) is 30.3 Å². The Labute approximate surface area is 132 Å². The molecule has 2 atom stereocenters. The number of rotatable bonds is 2. The molecule has 0 amide bonds. The van der Waals surface area contributed by atoms with Crippen LogP contribution in [-0.2, 0) is 9.31 Å². The molecule has 3 nitrogen and oxygen atoms in total. The van der Waals surface area contributed by atoms with Crippen molar-refractivity contribution in [2.45, 2.75) is 57.3 Å². The maximum Gasteiger partial charge on any atom is 0.464 e. The molecule has 5 heteroatoms. The second-order valence-corrected chi connectivity index (χ2v) is 7.37. The molecule has 1 aromatic carbocycles. The molecule has 1 aromatic rings. The molecule has 2 aliphatic heterocycles. The van der Waals surface area contributed by atoms with Gasteiger partial charge in [-0.05, 0) is 46.2 Å². The van der Waals surface area contributed by atoms with Gasteiger partial charge in [0.2, 0.25) is 0 Å². The Hall–Kier alpha value is -1.07. The summed E-state index contributed by atoms with van der Waals surface area (Å²) >= 11 is 0. The summed E-state index contributed by atoms with van der Waals surface area (Å²) < 4.78 is 26.8. The first-order chi connectivity index (χ1) is 10.3. The van der Waals surface area contributed by atoms with Gasteiger partial charge in [-0.15, -0.1) is 0 Å². The first-order valence-corrected chi connectivity index (χ1v) is 8.10. The fraction of sp³-hybridized carbons (Fsp3) is 0.647. The van der Waals surface area contributed by atoms with E-state index in [1.54, 1.807) is 0 Å². The van der Waals surface area contributed by atoms with Gasteiger partial charge in [-0.1, -0.05) is 18.2 Å². The van der Waals surface area contributed by atoms with E-state index in [0.29, 0.717) is 6.54 Å². The van der Waals surface area contributed by atoms with Gasteiger partial charge < -0.3 is 14.2 Å². The van der Waals surface area contributed by atoms with Gasteiger partial charge in [0.1, 0.15) is 6.17 Å². The topological polar surface area (TPSA) is 21.7 Å². The number of piperidine rings is 1. The van der Waals surface area contributed by atoms with E-state index in [1.807, 2.05) is 58.0 Å². The molecule has 0 bridgehead atoms. The van der Waals surface area contributed by atoms with Gasteiger partial charge in [0.15, 0.2) is 0 Å². The third-order valence-electron chi connectivity index (χ3n) is 5.33. The average Bonchev–Trinajstić information content (AvgIpc) is 2.68. The van der Waals surface area contributed by atoms with Gasteiger partial charge in [0.05, 0.1) is 11.2 Å². The second kappa shape index (κ2) is 5.53. The van der Waals surface area contributed by atoms with Crippen LogP contribution >= 0.6 is 0 Å². The molecular weight excluding hydrogens is 280 g/mol. The van der Waals surface area contributed by atoms with Crippen LogP contribution < -0.4 is 4.90 Å². The van der Waals surface area contributed by atoms with E-state index in [4.69, 9.17) is 9.31 Å². The van der Waals surface area contributed by atoms with Gasteiger partial charge in [-0.25, -0.2) is 4.39 Å². The zero-order valence-corrected chi connectivity index (χ0v) is 13.9. The summed E-state index contributed by atoms with van der Waals surface area (Å²) in [5.74, 6) is -0.194. The number of benzene rings is 1. The van der Waals surface area contributed by atoms with Crippen molar-refractivity contribution in [2.24, 2.45) is 0 Å². The lowest BCUT2D eigenvalue weighted by atomic mass is 9.65. The van der Waals surface area contributed by atoms with Gasteiger partial charge in [0, 0.05) is 24.6 Å². The fourth-order valence-corrected chi connectivity index (χ4v) is 3.17. The van der Waals surface area contributed by atoms with Crippen LogP contribution in [0.1, 0.15) is 34.1 Å². The fourth-order valence-electron chi connectivity index (χ4n) is 3.17. The minimum Gasteiger partial charge on any atom is -0.403 e. The van der Waals surface area contributed by atoms with Crippen LogP contribution in [0.5, 0.6) is 0 Å². The maximum atomic E-state index is 14.7. The molecule has 2 aliphatic rings. The van der Waals surface area contributed by atoms with Crippen molar-refractivity contribution in [2.75, 3.05) is 18.0 Å². The summed E-state index contributed by atoms with van der Waals surface area (Å²) in [6.07, 6.45) is -0.198. The molecule has 0 aromatic heterocycles. The van der Waals surface area contributed by atoms with Crippen LogP contribution in [0.2, 0.25) is 5.82 Å². The lowest BCUT2D eigenvalue weighted by Crippen LogP contribution is -2.45. The summed E-state index contributed by atoms with van der Waals surface area (Å²) in [6, 6.07) is 10.0. The number of alkyl halides is 1. The standard InChI is InChI=1S/C17H25BFNO2/c1-16(2)17(3,4)22-18(21-16)14-10-11-20(12-15(14)19)13-8-6-5-7-9-13/h5-9,14-15H,10-12H2,1-4H3. The Morgan fingerprint density at radius 1 is 1.09 bits per heavy atom. The highest BCUT2D eigenvalue weighted by Crippen LogP contribution is 2.43. The van der Waals surface area contributed by atoms with E-state index < -0.39 is 24.5 Å². The van der Waals surface area contributed by atoms with Crippen LogP contribution in [0.15, 0.2) is 30.3 Å². The quantitative estimate of drug-likeness (QED) is 0.778. The maximum absolute atomic E-state index is 14.7. The number of hydrogen-bond donors (Lipinski definition) is 0. The van der Waals surface area contributed by atoms with Gasteiger partial charge >= 0.3 is 7.12 Å². The summed E-state index contributed by atoms with van der Waals surface area (Å²) in [7, 11) is -0.446. The smallest absolute Gasteiger partial charge is 0.403 e. The summed E-state index contributed by atoms with van der Waals surface area (Å²) in [4.78, 5) is 2.10. The van der Waals surface area contributed by atoms with Gasteiger partial charge in [0.25, 0.3) is 0 Å². The molecule has 2 saturated heterocycles. The van der Waals surface area contributed by atoms with Crippen LogP contribution in [0, 0.1) is 0 Å².